The lowest BCUT2D eigenvalue weighted by Gasteiger charge is -2.32. The highest BCUT2D eigenvalue weighted by atomic mass is 16.7. The van der Waals surface area contributed by atoms with Crippen molar-refractivity contribution < 1.29 is 4.84 Å². The third kappa shape index (κ3) is 7.73. The summed E-state index contributed by atoms with van der Waals surface area (Å²) in [5, 5.41) is 4.92. The van der Waals surface area contributed by atoms with Crippen LogP contribution in [-0.4, -0.2) is 38.8 Å². The van der Waals surface area contributed by atoms with Crippen LogP contribution in [0, 0.1) is 5.92 Å². The summed E-state index contributed by atoms with van der Waals surface area (Å²) in [6.07, 6.45) is 3.71. The van der Waals surface area contributed by atoms with Crippen LogP contribution in [0.4, 0.5) is 0 Å². The Bertz CT molecular complexity index is 117. The number of nitrogens with one attached hydrogen (secondary N) is 2. The van der Waals surface area contributed by atoms with Gasteiger partial charge in [0.15, 0.2) is 0 Å². The molecule has 1 saturated heterocycles. The van der Waals surface area contributed by atoms with Crippen LogP contribution in [0.2, 0.25) is 0 Å². The predicted octanol–water partition coefficient (Wildman–Crippen LogP) is 1.40. The van der Waals surface area contributed by atoms with Crippen molar-refractivity contribution in [3.05, 3.63) is 0 Å². The van der Waals surface area contributed by atoms with Crippen LogP contribution in [0.3, 0.4) is 0 Å². The summed E-state index contributed by atoms with van der Waals surface area (Å²) < 4.78 is 0. The molecule has 0 aromatic rings. The molecule has 15 heavy (non-hydrogen) atoms. The second-order valence-corrected chi connectivity index (χ2v) is 4.00. The normalized spacial score (nSPS) is 22.0. The summed E-state index contributed by atoms with van der Waals surface area (Å²) >= 11 is 0. The zero-order valence-corrected chi connectivity index (χ0v) is 10.7. The summed E-state index contributed by atoms with van der Waals surface area (Å²) in [6.45, 7) is 7.51. The molecule has 1 aliphatic rings. The second-order valence-electron chi connectivity index (χ2n) is 4.00. The van der Waals surface area contributed by atoms with Crippen molar-refractivity contribution in [2.24, 2.45) is 5.92 Å². The van der Waals surface area contributed by atoms with Crippen LogP contribution in [0.15, 0.2) is 0 Å². The molecule has 1 heterocycles. The smallest absolute Gasteiger partial charge is 0.0739 e. The molecule has 0 aromatic heterocycles. The van der Waals surface area contributed by atoms with Crippen LogP contribution < -0.4 is 10.9 Å². The Morgan fingerprint density at radius 1 is 1.33 bits per heavy atom. The number of hydrazine groups is 1. The highest BCUT2D eigenvalue weighted by Crippen LogP contribution is 2.11. The summed E-state index contributed by atoms with van der Waals surface area (Å²) in [5.41, 5.74) is 2.94. The zero-order valence-electron chi connectivity index (χ0n) is 10.7. The average Bonchev–Trinajstić information content (AvgIpc) is 2.20. The van der Waals surface area contributed by atoms with Gasteiger partial charge in [-0.15, -0.1) is 5.59 Å². The van der Waals surface area contributed by atoms with E-state index in [1.54, 1.807) is 0 Å². The summed E-state index contributed by atoms with van der Waals surface area (Å²) in [5.74, 6) is 0.725. The van der Waals surface area contributed by atoms with Crippen LogP contribution in [-0.2, 0) is 4.84 Å². The molecular formula is C11H27N3O. The van der Waals surface area contributed by atoms with Crippen molar-refractivity contribution in [2.45, 2.75) is 33.1 Å². The van der Waals surface area contributed by atoms with E-state index in [9.17, 15) is 0 Å². The molecule has 0 bridgehead atoms. The van der Waals surface area contributed by atoms with Gasteiger partial charge in [-0.1, -0.05) is 20.3 Å². The molecule has 2 N–H and O–H groups in total. The fourth-order valence-electron chi connectivity index (χ4n) is 1.64. The van der Waals surface area contributed by atoms with Crippen molar-refractivity contribution in [3.8, 4) is 0 Å². The Kier molecular flexibility index (Phi) is 10.3. The first-order valence-corrected chi connectivity index (χ1v) is 5.99. The van der Waals surface area contributed by atoms with E-state index in [1.807, 2.05) is 14.1 Å². The number of rotatable bonds is 4. The van der Waals surface area contributed by atoms with Crippen LogP contribution in [0.25, 0.3) is 0 Å². The molecule has 1 aliphatic heterocycles. The molecule has 0 aromatic carbocycles. The van der Waals surface area contributed by atoms with Crippen molar-refractivity contribution in [2.75, 3.05) is 33.8 Å². The highest BCUT2D eigenvalue weighted by Gasteiger charge is 2.18. The second kappa shape index (κ2) is 10.4. The Morgan fingerprint density at radius 2 is 2.00 bits per heavy atom. The maximum Gasteiger partial charge on any atom is 0.0739 e. The molecular weight excluding hydrogens is 190 g/mol. The van der Waals surface area contributed by atoms with Gasteiger partial charge in [0.1, 0.15) is 0 Å². The van der Waals surface area contributed by atoms with Crippen LogP contribution >= 0.6 is 0 Å². The van der Waals surface area contributed by atoms with Gasteiger partial charge in [0.05, 0.1) is 6.61 Å². The van der Waals surface area contributed by atoms with Gasteiger partial charge in [-0.25, -0.2) is 5.01 Å². The van der Waals surface area contributed by atoms with Crippen molar-refractivity contribution in [1.29, 1.82) is 0 Å². The topological polar surface area (TPSA) is 36.5 Å². The van der Waals surface area contributed by atoms with Gasteiger partial charge in [-0.05, 0) is 32.9 Å². The van der Waals surface area contributed by atoms with E-state index in [0.717, 1.165) is 25.6 Å². The molecule has 1 atom stereocenters. The molecule has 92 valence electrons. The van der Waals surface area contributed by atoms with Gasteiger partial charge in [-0.3, -0.25) is 4.84 Å². The monoisotopic (exact) mass is 217 g/mol. The predicted molar refractivity (Wildman–Crippen MR) is 64.3 cm³/mol. The van der Waals surface area contributed by atoms with E-state index in [-0.39, 0.29) is 0 Å². The van der Waals surface area contributed by atoms with Gasteiger partial charge >= 0.3 is 0 Å². The van der Waals surface area contributed by atoms with E-state index in [2.05, 4.69) is 29.8 Å². The van der Waals surface area contributed by atoms with Crippen molar-refractivity contribution >= 4 is 0 Å². The standard InChI is InChI=1S/C9H20N2O.C2H7N/c1-3-5-9-7-11(6-4-2)10-12-8-9;1-3-2/h9-10H,3-8H2,1-2H3;3H,1-2H3. The average molecular weight is 217 g/mol. The lowest BCUT2D eigenvalue weighted by atomic mass is 10.0. The van der Waals surface area contributed by atoms with Gasteiger partial charge in [0.25, 0.3) is 0 Å². The molecule has 0 spiro atoms. The maximum absolute atomic E-state index is 5.28. The van der Waals surface area contributed by atoms with E-state index < -0.39 is 0 Å². The lowest BCUT2D eigenvalue weighted by Crippen LogP contribution is -2.48. The first kappa shape index (κ1) is 14.8. The minimum Gasteiger partial charge on any atom is -0.323 e. The SMILES string of the molecule is CCCC1CONN(CCC)C1.CNC. The summed E-state index contributed by atoms with van der Waals surface area (Å²) in [4.78, 5) is 5.28. The number of hydrogen-bond acceptors (Lipinski definition) is 4. The largest absolute Gasteiger partial charge is 0.323 e. The van der Waals surface area contributed by atoms with Gasteiger partial charge in [0, 0.05) is 13.1 Å². The molecule has 0 radical (unpaired) electrons. The molecule has 0 saturated carbocycles. The first-order chi connectivity index (χ1) is 7.28. The fourth-order valence-corrected chi connectivity index (χ4v) is 1.64. The zero-order chi connectivity index (χ0) is 11.5. The Hall–Kier alpha value is -0.160. The minimum atomic E-state index is 0.725. The van der Waals surface area contributed by atoms with E-state index in [1.165, 1.54) is 19.3 Å². The summed E-state index contributed by atoms with van der Waals surface area (Å²) in [6, 6.07) is 0. The number of hydrogen-bond donors (Lipinski definition) is 2. The van der Waals surface area contributed by atoms with Crippen LogP contribution in [0.1, 0.15) is 33.1 Å². The molecule has 0 amide bonds. The molecule has 1 fully saturated rings. The van der Waals surface area contributed by atoms with E-state index >= 15 is 0 Å². The lowest BCUT2D eigenvalue weighted by molar-refractivity contribution is -0.143. The molecule has 1 unspecified atom stereocenters. The highest BCUT2D eigenvalue weighted by molar-refractivity contribution is 4.64. The minimum absolute atomic E-state index is 0.725. The Morgan fingerprint density at radius 3 is 2.53 bits per heavy atom. The molecule has 0 aliphatic carbocycles. The fraction of sp³-hybridized carbons (Fsp3) is 1.00. The quantitative estimate of drug-likeness (QED) is 0.746. The third-order valence-electron chi connectivity index (χ3n) is 2.18. The van der Waals surface area contributed by atoms with Gasteiger partial charge in [-0.2, -0.15) is 0 Å². The maximum atomic E-state index is 5.28. The third-order valence-corrected chi connectivity index (χ3v) is 2.18. The Balaban J connectivity index is 0.000000583. The van der Waals surface area contributed by atoms with Crippen molar-refractivity contribution in [1.82, 2.24) is 15.9 Å². The van der Waals surface area contributed by atoms with E-state index in [4.69, 9.17) is 4.84 Å². The number of nitrogens with zero attached hydrogens (tertiary/aromatic N) is 1. The Labute approximate surface area is 94.3 Å². The molecule has 4 nitrogen and oxygen atoms in total. The van der Waals surface area contributed by atoms with Gasteiger partial charge < -0.3 is 5.32 Å². The van der Waals surface area contributed by atoms with E-state index in [0.29, 0.717) is 0 Å². The van der Waals surface area contributed by atoms with Crippen molar-refractivity contribution in [3.63, 3.8) is 0 Å². The summed E-state index contributed by atoms with van der Waals surface area (Å²) in [7, 11) is 3.75. The first-order valence-electron chi connectivity index (χ1n) is 5.99. The van der Waals surface area contributed by atoms with Gasteiger partial charge in [0.2, 0.25) is 0 Å². The molecule has 4 heteroatoms. The molecule has 1 rings (SSSR count). The van der Waals surface area contributed by atoms with Crippen LogP contribution in [0.5, 0.6) is 0 Å².